The van der Waals surface area contributed by atoms with Crippen molar-refractivity contribution >= 4 is 22.2 Å². The van der Waals surface area contributed by atoms with Crippen molar-refractivity contribution in [3.05, 3.63) is 21.9 Å². The van der Waals surface area contributed by atoms with Gasteiger partial charge in [0.25, 0.3) is 0 Å². The van der Waals surface area contributed by atoms with Crippen molar-refractivity contribution < 1.29 is 19.0 Å². The van der Waals surface area contributed by atoms with E-state index in [9.17, 15) is 14.3 Å². The Morgan fingerprint density at radius 3 is 2.81 bits per heavy atom. The van der Waals surface area contributed by atoms with E-state index in [0.717, 1.165) is 6.29 Å². The summed E-state index contributed by atoms with van der Waals surface area (Å²) in [4.78, 5) is 10.4. The summed E-state index contributed by atoms with van der Waals surface area (Å²) in [7, 11) is 1.28. The van der Waals surface area contributed by atoms with Crippen LogP contribution in [0, 0.1) is 5.82 Å². The number of ether oxygens (including phenoxy) is 1. The molecule has 0 heterocycles. The number of phenolic OH excluding ortho intramolecular Hbond substituents is 1. The minimum Gasteiger partial charge on any atom is -0.504 e. The molecule has 0 aliphatic rings. The third-order valence-corrected chi connectivity index (χ3v) is 2.99. The summed E-state index contributed by atoms with van der Waals surface area (Å²) in [5.74, 6) is -1.38. The monoisotopic (exact) mass is 290 g/mol. The zero-order chi connectivity index (χ0) is 12.3. The van der Waals surface area contributed by atoms with E-state index in [2.05, 4.69) is 15.9 Å². The fourth-order valence-corrected chi connectivity index (χ4v) is 2.29. The quantitative estimate of drug-likeness (QED) is 0.867. The molecule has 0 amide bonds. The third kappa shape index (κ3) is 2.35. The van der Waals surface area contributed by atoms with Gasteiger partial charge in [0.2, 0.25) is 0 Å². The molecule has 0 radical (unpaired) electrons. The van der Waals surface area contributed by atoms with E-state index in [0.29, 0.717) is 10.0 Å². The van der Waals surface area contributed by atoms with E-state index in [4.69, 9.17) is 4.74 Å². The lowest BCUT2D eigenvalue weighted by atomic mass is 9.97. The van der Waals surface area contributed by atoms with Gasteiger partial charge in [-0.1, -0.05) is 22.9 Å². The van der Waals surface area contributed by atoms with Crippen molar-refractivity contribution in [2.45, 2.75) is 19.3 Å². The zero-order valence-electron chi connectivity index (χ0n) is 8.96. The third-order valence-electron chi connectivity index (χ3n) is 2.34. The van der Waals surface area contributed by atoms with Crippen molar-refractivity contribution in [2.24, 2.45) is 0 Å². The lowest BCUT2D eigenvalue weighted by molar-refractivity contribution is -0.108. The predicted molar refractivity (Wildman–Crippen MR) is 61.4 cm³/mol. The van der Waals surface area contributed by atoms with Crippen LogP contribution in [0.2, 0.25) is 0 Å². The number of aldehydes is 1. The van der Waals surface area contributed by atoms with Gasteiger partial charge in [-0.25, -0.2) is 4.39 Å². The van der Waals surface area contributed by atoms with Crippen LogP contribution in [0.1, 0.15) is 24.8 Å². The zero-order valence-corrected chi connectivity index (χ0v) is 10.5. The fourth-order valence-electron chi connectivity index (χ4n) is 1.51. The molecule has 3 nitrogen and oxygen atoms in total. The topological polar surface area (TPSA) is 46.5 Å². The summed E-state index contributed by atoms with van der Waals surface area (Å²) in [6.07, 6.45) is 0.944. The molecule has 1 atom stereocenters. The Hall–Kier alpha value is -1.10. The van der Waals surface area contributed by atoms with Crippen LogP contribution in [0.4, 0.5) is 4.39 Å². The lowest BCUT2D eigenvalue weighted by Crippen LogP contribution is -2.02. The van der Waals surface area contributed by atoms with Crippen molar-refractivity contribution in [3.8, 4) is 11.5 Å². The largest absolute Gasteiger partial charge is 0.504 e. The van der Waals surface area contributed by atoms with Crippen LogP contribution in [0.25, 0.3) is 0 Å². The Bertz CT molecular complexity index is 407. The highest BCUT2D eigenvalue weighted by molar-refractivity contribution is 9.10. The van der Waals surface area contributed by atoms with Crippen LogP contribution < -0.4 is 4.74 Å². The van der Waals surface area contributed by atoms with E-state index >= 15 is 0 Å². The first-order valence-electron chi connectivity index (χ1n) is 4.71. The van der Waals surface area contributed by atoms with Gasteiger partial charge in [-0.05, 0) is 12.0 Å². The molecule has 1 aromatic rings. The summed E-state index contributed by atoms with van der Waals surface area (Å²) in [5.41, 5.74) is 0.335. The molecule has 0 aromatic heterocycles. The van der Waals surface area contributed by atoms with E-state index in [1.54, 1.807) is 6.92 Å². The molecule has 5 heteroatoms. The Kier molecular flexibility index (Phi) is 4.29. The van der Waals surface area contributed by atoms with Gasteiger partial charge in [-0.15, -0.1) is 0 Å². The highest BCUT2D eigenvalue weighted by atomic mass is 79.9. The lowest BCUT2D eigenvalue weighted by Gasteiger charge is -2.15. The Labute approximate surface area is 101 Å². The summed E-state index contributed by atoms with van der Waals surface area (Å²) in [5, 5.41) is 9.44. The predicted octanol–water partition coefficient (Wildman–Crippen LogP) is 2.99. The molecule has 0 aliphatic carbocycles. The van der Waals surface area contributed by atoms with Crippen LogP contribution in [-0.4, -0.2) is 18.5 Å². The molecule has 0 saturated carbocycles. The number of hydrogen-bond donors (Lipinski definition) is 1. The smallest absolute Gasteiger partial charge is 0.196 e. The number of methoxy groups -OCH3 is 1. The maximum Gasteiger partial charge on any atom is 0.196 e. The molecule has 0 bridgehead atoms. The summed E-state index contributed by atoms with van der Waals surface area (Å²) < 4.78 is 19.1. The average molecular weight is 291 g/mol. The molecule has 0 spiro atoms. The average Bonchev–Trinajstić information content (AvgIpc) is 2.17. The molecule has 1 rings (SSSR count). The van der Waals surface area contributed by atoms with Gasteiger partial charge in [0.05, 0.1) is 7.11 Å². The molecule has 0 fully saturated rings. The number of halogens is 2. The van der Waals surface area contributed by atoms with Gasteiger partial charge in [-0.2, -0.15) is 0 Å². The highest BCUT2D eigenvalue weighted by Crippen LogP contribution is 2.40. The van der Waals surface area contributed by atoms with Crippen molar-refractivity contribution in [2.75, 3.05) is 7.11 Å². The maximum absolute atomic E-state index is 13.9. The molecule has 1 unspecified atom stereocenters. The van der Waals surface area contributed by atoms with Gasteiger partial charge in [0.15, 0.2) is 17.3 Å². The van der Waals surface area contributed by atoms with Crippen molar-refractivity contribution in [1.29, 1.82) is 0 Å². The van der Waals surface area contributed by atoms with Gasteiger partial charge in [-0.3, -0.25) is 0 Å². The summed E-state index contributed by atoms with van der Waals surface area (Å²) >= 11 is 3.16. The first kappa shape index (κ1) is 13.0. The second kappa shape index (κ2) is 5.30. The molecule has 16 heavy (non-hydrogen) atoms. The van der Waals surface area contributed by atoms with E-state index in [1.807, 2.05) is 0 Å². The second-order valence-corrected chi connectivity index (χ2v) is 4.30. The first-order chi connectivity index (χ1) is 7.52. The van der Waals surface area contributed by atoms with E-state index in [1.165, 1.54) is 13.2 Å². The number of benzene rings is 1. The molecular formula is C11H12BrFO3. The van der Waals surface area contributed by atoms with Crippen LogP contribution >= 0.6 is 15.9 Å². The minimum absolute atomic E-state index is 0.198. The Morgan fingerprint density at radius 1 is 1.69 bits per heavy atom. The van der Waals surface area contributed by atoms with Crippen LogP contribution in [0.15, 0.2) is 10.5 Å². The van der Waals surface area contributed by atoms with Gasteiger partial charge in [0, 0.05) is 16.5 Å². The van der Waals surface area contributed by atoms with Gasteiger partial charge < -0.3 is 14.6 Å². The maximum atomic E-state index is 13.9. The summed E-state index contributed by atoms with van der Waals surface area (Å²) in [6, 6.07) is 1.36. The standard InChI is InChI=1S/C11H12BrFO3/c1-6(3-4-14)9-7(12)5-8(15)11(16-2)10(9)13/h4-6,15H,3H2,1-2H3. The minimum atomic E-state index is -0.635. The van der Waals surface area contributed by atoms with E-state index in [-0.39, 0.29) is 23.8 Å². The fraction of sp³-hybridized carbons (Fsp3) is 0.364. The Balaban J connectivity index is 3.32. The van der Waals surface area contributed by atoms with E-state index < -0.39 is 5.82 Å². The summed E-state index contributed by atoms with van der Waals surface area (Å²) in [6.45, 7) is 1.73. The second-order valence-electron chi connectivity index (χ2n) is 3.44. The number of carbonyl (C=O) groups is 1. The van der Waals surface area contributed by atoms with Crippen LogP contribution in [0.5, 0.6) is 11.5 Å². The number of carbonyl (C=O) groups excluding carboxylic acids is 1. The molecule has 88 valence electrons. The molecular weight excluding hydrogens is 279 g/mol. The number of phenols is 1. The number of rotatable bonds is 4. The number of hydrogen-bond acceptors (Lipinski definition) is 3. The van der Waals surface area contributed by atoms with Crippen LogP contribution in [0.3, 0.4) is 0 Å². The first-order valence-corrected chi connectivity index (χ1v) is 5.50. The molecule has 0 aliphatic heterocycles. The number of aromatic hydroxyl groups is 1. The van der Waals surface area contributed by atoms with Gasteiger partial charge in [0.1, 0.15) is 6.29 Å². The highest BCUT2D eigenvalue weighted by Gasteiger charge is 2.21. The Morgan fingerprint density at radius 2 is 2.31 bits per heavy atom. The van der Waals surface area contributed by atoms with Crippen LogP contribution in [-0.2, 0) is 4.79 Å². The molecule has 1 N–H and O–H groups in total. The van der Waals surface area contributed by atoms with Gasteiger partial charge >= 0.3 is 0 Å². The molecule has 1 aromatic carbocycles. The van der Waals surface area contributed by atoms with Crippen molar-refractivity contribution in [1.82, 2.24) is 0 Å². The molecule has 0 saturated heterocycles. The van der Waals surface area contributed by atoms with Crippen molar-refractivity contribution in [3.63, 3.8) is 0 Å². The SMILES string of the molecule is COc1c(O)cc(Br)c(C(C)CC=O)c1F. The normalized spacial score (nSPS) is 12.2.